The Bertz CT molecular complexity index is 562. The fourth-order valence-corrected chi connectivity index (χ4v) is 1.98. The van der Waals surface area contributed by atoms with Gasteiger partial charge in [0.25, 0.3) is 0 Å². The van der Waals surface area contributed by atoms with Gasteiger partial charge in [0.1, 0.15) is 5.60 Å². The van der Waals surface area contributed by atoms with E-state index in [0.717, 1.165) is 5.56 Å². The zero-order valence-corrected chi connectivity index (χ0v) is 13.6. The fraction of sp³-hybridized carbons (Fsp3) is 0.471. The molecular weight excluding hydrogens is 298 g/mol. The van der Waals surface area contributed by atoms with Gasteiger partial charge in [-0.3, -0.25) is 14.4 Å². The van der Waals surface area contributed by atoms with Crippen molar-refractivity contribution >= 4 is 17.7 Å². The molecule has 0 fully saturated rings. The quantitative estimate of drug-likeness (QED) is 0.583. The maximum Gasteiger partial charge on any atom is 0.321 e. The number of rotatable bonds is 7. The number of carbonyl (C=O) groups is 3. The summed E-state index contributed by atoms with van der Waals surface area (Å²) in [6.45, 7) is 4.90. The highest BCUT2D eigenvalue weighted by Crippen LogP contribution is 2.16. The van der Waals surface area contributed by atoms with Crippen molar-refractivity contribution in [3.8, 4) is 0 Å². The number of benzene rings is 1. The second-order valence-corrected chi connectivity index (χ2v) is 6.39. The van der Waals surface area contributed by atoms with Crippen LogP contribution in [0.1, 0.15) is 32.8 Å². The van der Waals surface area contributed by atoms with E-state index >= 15 is 0 Å². The summed E-state index contributed by atoms with van der Waals surface area (Å²) in [4.78, 5) is 35.3. The van der Waals surface area contributed by atoms with Crippen LogP contribution < -0.4 is 5.73 Å². The third-order valence-corrected chi connectivity index (χ3v) is 3.11. The Morgan fingerprint density at radius 1 is 1.17 bits per heavy atom. The Morgan fingerprint density at radius 3 is 2.22 bits per heavy atom. The van der Waals surface area contributed by atoms with Gasteiger partial charge >= 0.3 is 11.9 Å². The highest BCUT2D eigenvalue weighted by atomic mass is 16.6. The molecule has 0 amide bonds. The molecule has 0 bridgehead atoms. The van der Waals surface area contributed by atoms with Crippen LogP contribution in [0.15, 0.2) is 30.3 Å². The maximum absolute atomic E-state index is 12.1. The Labute approximate surface area is 135 Å². The molecule has 0 aliphatic carbocycles. The first-order chi connectivity index (χ1) is 10.6. The van der Waals surface area contributed by atoms with E-state index in [-0.39, 0.29) is 0 Å². The number of esters is 1. The predicted molar refractivity (Wildman–Crippen MR) is 84.7 cm³/mol. The first kappa shape index (κ1) is 18.8. The van der Waals surface area contributed by atoms with Gasteiger partial charge in [0, 0.05) is 6.42 Å². The van der Waals surface area contributed by atoms with Gasteiger partial charge in [0.15, 0.2) is 11.7 Å². The average molecular weight is 321 g/mol. The minimum absolute atomic E-state index is 0.292. The van der Waals surface area contributed by atoms with Crippen LogP contribution in [0.25, 0.3) is 0 Å². The molecule has 0 aromatic heterocycles. The molecule has 0 spiro atoms. The second-order valence-electron chi connectivity index (χ2n) is 6.39. The summed E-state index contributed by atoms with van der Waals surface area (Å²) in [6.07, 6.45) is -0.182. The molecule has 6 heteroatoms. The molecule has 2 atom stereocenters. The van der Waals surface area contributed by atoms with Gasteiger partial charge in [0.05, 0.1) is 6.04 Å². The number of hydrogen-bond donors (Lipinski definition) is 2. The molecule has 1 aromatic rings. The van der Waals surface area contributed by atoms with Crippen LogP contribution in [0.3, 0.4) is 0 Å². The smallest absolute Gasteiger partial charge is 0.321 e. The van der Waals surface area contributed by atoms with Crippen LogP contribution in [0.5, 0.6) is 0 Å². The number of ether oxygens (including phenoxy) is 1. The Kier molecular flexibility index (Phi) is 6.45. The van der Waals surface area contributed by atoms with E-state index in [1.165, 1.54) is 0 Å². The van der Waals surface area contributed by atoms with Crippen LogP contribution in [-0.2, 0) is 25.5 Å². The summed E-state index contributed by atoms with van der Waals surface area (Å²) in [7, 11) is 0. The molecule has 23 heavy (non-hydrogen) atoms. The molecule has 0 radical (unpaired) electrons. The van der Waals surface area contributed by atoms with Crippen LogP contribution in [0.4, 0.5) is 0 Å². The van der Waals surface area contributed by atoms with Crippen LogP contribution in [0, 0.1) is 5.92 Å². The predicted octanol–water partition coefficient (Wildman–Crippen LogP) is 1.56. The Hall–Kier alpha value is -2.21. The molecule has 126 valence electrons. The van der Waals surface area contributed by atoms with Crippen molar-refractivity contribution in [2.24, 2.45) is 11.7 Å². The summed E-state index contributed by atoms with van der Waals surface area (Å²) in [5.74, 6) is -4.33. The van der Waals surface area contributed by atoms with Gasteiger partial charge in [-0.15, -0.1) is 0 Å². The van der Waals surface area contributed by atoms with Crippen molar-refractivity contribution in [3.63, 3.8) is 0 Å². The number of carboxylic acid groups (broad SMARTS) is 1. The van der Waals surface area contributed by atoms with Crippen molar-refractivity contribution in [1.82, 2.24) is 0 Å². The van der Waals surface area contributed by atoms with Crippen molar-refractivity contribution in [2.75, 3.05) is 0 Å². The summed E-state index contributed by atoms with van der Waals surface area (Å²) >= 11 is 0. The second kappa shape index (κ2) is 7.87. The van der Waals surface area contributed by atoms with E-state index in [0.29, 0.717) is 6.42 Å². The lowest BCUT2D eigenvalue weighted by molar-refractivity contribution is -0.168. The minimum atomic E-state index is -1.54. The van der Waals surface area contributed by atoms with Gasteiger partial charge < -0.3 is 15.6 Å². The Morgan fingerprint density at radius 2 is 1.74 bits per heavy atom. The van der Waals surface area contributed by atoms with Crippen LogP contribution in [-0.4, -0.2) is 34.5 Å². The standard InChI is InChI=1S/C17H23NO5/c1-17(2,3)23-16(22)12(15(20)21)10-14(19)13(18)9-11-7-5-4-6-8-11/h4-8,12-13H,9-10,18H2,1-3H3,(H,20,21)/t12?,13-/m0/s1. The van der Waals surface area contributed by atoms with Crippen LogP contribution in [0.2, 0.25) is 0 Å². The number of carbonyl (C=O) groups excluding carboxylic acids is 2. The van der Waals surface area contributed by atoms with E-state index in [1.807, 2.05) is 30.3 Å². The number of aliphatic carboxylic acids is 1. The zero-order chi connectivity index (χ0) is 17.6. The summed E-state index contributed by atoms with van der Waals surface area (Å²) in [5, 5.41) is 9.17. The molecule has 0 saturated heterocycles. The summed E-state index contributed by atoms with van der Waals surface area (Å²) in [5.41, 5.74) is 5.88. The van der Waals surface area contributed by atoms with E-state index in [4.69, 9.17) is 15.6 Å². The molecule has 1 rings (SSSR count). The topological polar surface area (TPSA) is 107 Å². The molecule has 0 saturated carbocycles. The molecule has 3 N–H and O–H groups in total. The molecule has 6 nitrogen and oxygen atoms in total. The molecule has 0 heterocycles. The van der Waals surface area contributed by atoms with Gasteiger partial charge in [-0.25, -0.2) is 0 Å². The maximum atomic E-state index is 12.1. The lowest BCUT2D eigenvalue weighted by Crippen LogP contribution is -2.39. The average Bonchev–Trinajstić information content (AvgIpc) is 2.43. The number of Topliss-reactive ketones (excluding diaryl/α,β-unsaturated/α-hetero) is 1. The number of nitrogens with two attached hydrogens (primary N) is 1. The van der Waals surface area contributed by atoms with Crippen molar-refractivity contribution < 1.29 is 24.2 Å². The SMILES string of the molecule is CC(C)(C)OC(=O)C(CC(=O)[C@@H](N)Cc1ccccc1)C(=O)O. The van der Waals surface area contributed by atoms with Gasteiger partial charge in [-0.05, 0) is 32.8 Å². The minimum Gasteiger partial charge on any atom is -0.481 e. The molecule has 1 unspecified atom stereocenters. The molecule has 1 aromatic carbocycles. The van der Waals surface area contributed by atoms with Gasteiger partial charge in [0.2, 0.25) is 0 Å². The van der Waals surface area contributed by atoms with Gasteiger partial charge in [-0.1, -0.05) is 30.3 Å². The number of carboxylic acids is 1. The van der Waals surface area contributed by atoms with E-state index < -0.39 is 41.7 Å². The van der Waals surface area contributed by atoms with Crippen molar-refractivity contribution in [1.29, 1.82) is 0 Å². The monoisotopic (exact) mass is 321 g/mol. The van der Waals surface area contributed by atoms with E-state index in [2.05, 4.69) is 0 Å². The van der Waals surface area contributed by atoms with Crippen molar-refractivity contribution in [2.45, 2.75) is 45.3 Å². The fourth-order valence-electron chi connectivity index (χ4n) is 1.98. The van der Waals surface area contributed by atoms with E-state index in [1.54, 1.807) is 20.8 Å². The highest BCUT2D eigenvalue weighted by Gasteiger charge is 2.34. The first-order valence-corrected chi connectivity index (χ1v) is 7.38. The lowest BCUT2D eigenvalue weighted by Gasteiger charge is -2.22. The third-order valence-electron chi connectivity index (χ3n) is 3.11. The van der Waals surface area contributed by atoms with E-state index in [9.17, 15) is 14.4 Å². The Balaban J connectivity index is 2.70. The highest BCUT2D eigenvalue weighted by molar-refractivity contribution is 5.99. The lowest BCUT2D eigenvalue weighted by atomic mass is 9.95. The summed E-state index contributed by atoms with van der Waals surface area (Å²) < 4.78 is 5.05. The zero-order valence-electron chi connectivity index (χ0n) is 13.6. The first-order valence-electron chi connectivity index (χ1n) is 7.38. The van der Waals surface area contributed by atoms with Gasteiger partial charge in [-0.2, -0.15) is 0 Å². The number of ketones is 1. The molecule has 0 aliphatic rings. The third kappa shape index (κ3) is 6.61. The largest absolute Gasteiger partial charge is 0.481 e. The van der Waals surface area contributed by atoms with Crippen LogP contribution >= 0.6 is 0 Å². The summed E-state index contributed by atoms with van der Waals surface area (Å²) in [6, 6.07) is 8.30. The molecule has 0 aliphatic heterocycles. The van der Waals surface area contributed by atoms with Crippen molar-refractivity contribution in [3.05, 3.63) is 35.9 Å². The number of hydrogen-bond acceptors (Lipinski definition) is 5. The normalized spacial score (nSPS) is 13.9. The molecular formula is C17H23NO5.